The van der Waals surface area contributed by atoms with Crippen LogP contribution in [0.5, 0.6) is 5.75 Å². The fourth-order valence-electron chi connectivity index (χ4n) is 2.30. The Bertz CT molecular complexity index is 1020. The Labute approximate surface area is 128 Å². The molecule has 0 fully saturated rings. The second-order valence-electron chi connectivity index (χ2n) is 4.73. The van der Waals surface area contributed by atoms with Gasteiger partial charge in [0.2, 0.25) is 5.43 Å². The summed E-state index contributed by atoms with van der Waals surface area (Å²) in [5.74, 6) is 0.392. The molecule has 108 valence electrons. The van der Waals surface area contributed by atoms with Crippen molar-refractivity contribution < 1.29 is 5.11 Å². The number of aromatic nitrogens is 4. The zero-order chi connectivity index (χ0) is 15.1. The van der Waals surface area contributed by atoms with Crippen molar-refractivity contribution in [2.24, 2.45) is 0 Å². The van der Waals surface area contributed by atoms with Crippen molar-refractivity contribution in [3.8, 4) is 23.0 Å². The molecule has 0 amide bonds. The molecule has 3 heterocycles. The summed E-state index contributed by atoms with van der Waals surface area (Å²) in [6, 6.07) is 7.00. The SMILES string of the molecule is O=c1ccn(-c2cccc3[nH]c(-c4cscn4)nc23)cc1O. The van der Waals surface area contributed by atoms with Gasteiger partial charge in [-0.25, -0.2) is 9.97 Å². The largest absolute Gasteiger partial charge is 0.503 e. The van der Waals surface area contributed by atoms with Crippen LogP contribution in [0.3, 0.4) is 0 Å². The molecular weight excluding hydrogens is 300 g/mol. The lowest BCUT2D eigenvalue weighted by atomic mass is 10.2. The first kappa shape index (κ1) is 12.8. The van der Waals surface area contributed by atoms with Crippen LogP contribution in [0.1, 0.15) is 0 Å². The molecule has 0 saturated heterocycles. The maximum absolute atomic E-state index is 11.3. The highest BCUT2D eigenvalue weighted by Gasteiger charge is 2.11. The molecule has 1 aromatic carbocycles. The molecule has 0 spiro atoms. The van der Waals surface area contributed by atoms with E-state index in [2.05, 4.69) is 15.0 Å². The van der Waals surface area contributed by atoms with E-state index in [0.29, 0.717) is 5.82 Å². The summed E-state index contributed by atoms with van der Waals surface area (Å²) in [4.78, 5) is 23.4. The van der Waals surface area contributed by atoms with Crippen molar-refractivity contribution in [1.29, 1.82) is 0 Å². The van der Waals surface area contributed by atoms with Gasteiger partial charge in [0.05, 0.1) is 22.9 Å². The molecule has 0 atom stereocenters. The van der Waals surface area contributed by atoms with Crippen LogP contribution in [-0.4, -0.2) is 24.6 Å². The van der Waals surface area contributed by atoms with E-state index in [0.717, 1.165) is 22.4 Å². The molecule has 2 N–H and O–H groups in total. The average molecular weight is 310 g/mol. The number of nitrogens with one attached hydrogen (secondary N) is 1. The van der Waals surface area contributed by atoms with Gasteiger partial charge in [0.1, 0.15) is 11.2 Å². The number of rotatable bonds is 2. The van der Waals surface area contributed by atoms with Gasteiger partial charge in [0, 0.05) is 17.6 Å². The number of para-hydroxylation sites is 1. The van der Waals surface area contributed by atoms with Crippen molar-refractivity contribution >= 4 is 22.4 Å². The molecule has 7 heteroatoms. The molecule has 0 radical (unpaired) electrons. The third kappa shape index (κ3) is 1.99. The van der Waals surface area contributed by atoms with E-state index >= 15 is 0 Å². The van der Waals surface area contributed by atoms with Crippen molar-refractivity contribution in [2.45, 2.75) is 0 Å². The fraction of sp³-hybridized carbons (Fsp3) is 0. The number of H-pyrrole nitrogens is 1. The first-order valence-electron chi connectivity index (χ1n) is 6.51. The Morgan fingerprint density at radius 3 is 2.95 bits per heavy atom. The summed E-state index contributed by atoms with van der Waals surface area (Å²) in [5, 5.41) is 11.5. The molecule has 3 aromatic heterocycles. The number of pyridine rings is 1. The number of aromatic amines is 1. The standard InChI is InChI=1S/C15H10N4O2S/c20-12-4-5-19(6-13(12)21)11-3-1-2-9-14(11)18-15(17-9)10-7-22-8-16-10/h1-8,21H,(H,17,18). The lowest BCUT2D eigenvalue weighted by Gasteiger charge is -2.06. The lowest BCUT2D eigenvalue weighted by Crippen LogP contribution is -2.03. The number of benzene rings is 1. The minimum absolute atomic E-state index is 0.297. The van der Waals surface area contributed by atoms with Gasteiger partial charge in [-0.3, -0.25) is 4.79 Å². The Morgan fingerprint density at radius 1 is 1.27 bits per heavy atom. The van der Waals surface area contributed by atoms with Gasteiger partial charge in [-0.05, 0) is 12.1 Å². The third-order valence-electron chi connectivity index (χ3n) is 3.34. The predicted molar refractivity (Wildman–Crippen MR) is 84.5 cm³/mol. The molecule has 0 bridgehead atoms. The van der Waals surface area contributed by atoms with Crippen LogP contribution in [0, 0.1) is 0 Å². The molecule has 0 aliphatic carbocycles. The summed E-state index contributed by atoms with van der Waals surface area (Å²) in [7, 11) is 0. The molecular formula is C15H10N4O2S. The molecule has 0 saturated carbocycles. The summed E-state index contributed by atoms with van der Waals surface area (Å²) < 4.78 is 1.67. The second-order valence-corrected chi connectivity index (χ2v) is 5.45. The van der Waals surface area contributed by atoms with Gasteiger partial charge < -0.3 is 14.7 Å². The Morgan fingerprint density at radius 2 is 2.18 bits per heavy atom. The van der Waals surface area contributed by atoms with Crippen molar-refractivity contribution in [3.05, 3.63) is 57.8 Å². The van der Waals surface area contributed by atoms with Crippen LogP contribution in [0.25, 0.3) is 28.2 Å². The maximum atomic E-state index is 11.3. The minimum Gasteiger partial charge on any atom is -0.503 e. The average Bonchev–Trinajstić information content (AvgIpc) is 3.17. The molecule has 0 unspecified atom stereocenters. The summed E-state index contributed by atoms with van der Waals surface area (Å²) >= 11 is 1.50. The number of imidazole rings is 1. The van der Waals surface area contributed by atoms with E-state index in [1.54, 1.807) is 16.3 Å². The normalized spacial score (nSPS) is 11.1. The fourth-order valence-corrected chi connectivity index (χ4v) is 2.83. The van der Waals surface area contributed by atoms with Gasteiger partial charge in [-0.15, -0.1) is 11.3 Å². The van der Waals surface area contributed by atoms with Gasteiger partial charge in [-0.1, -0.05) is 6.07 Å². The number of hydrogen-bond donors (Lipinski definition) is 2. The lowest BCUT2D eigenvalue weighted by molar-refractivity contribution is 0.465. The van der Waals surface area contributed by atoms with Crippen LogP contribution in [-0.2, 0) is 0 Å². The van der Waals surface area contributed by atoms with E-state index in [9.17, 15) is 9.90 Å². The van der Waals surface area contributed by atoms with E-state index < -0.39 is 5.43 Å². The molecule has 0 aliphatic heterocycles. The monoisotopic (exact) mass is 310 g/mol. The quantitative estimate of drug-likeness (QED) is 0.596. The molecule has 6 nitrogen and oxygen atoms in total. The van der Waals surface area contributed by atoms with E-state index in [1.165, 1.54) is 23.6 Å². The first-order chi connectivity index (χ1) is 10.7. The van der Waals surface area contributed by atoms with Crippen molar-refractivity contribution in [2.75, 3.05) is 0 Å². The van der Waals surface area contributed by atoms with E-state index in [-0.39, 0.29) is 5.75 Å². The number of thiazole rings is 1. The smallest absolute Gasteiger partial charge is 0.223 e. The Hall–Kier alpha value is -2.93. The van der Waals surface area contributed by atoms with Gasteiger partial charge >= 0.3 is 0 Å². The van der Waals surface area contributed by atoms with Crippen LogP contribution < -0.4 is 5.43 Å². The molecule has 0 aliphatic rings. The van der Waals surface area contributed by atoms with Gasteiger partial charge in [0.25, 0.3) is 0 Å². The molecule has 22 heavy (non-hydrogen) atoms. The van der Waals surface area contributed by atoms with Crippen LogP contribution >= 0.6 is 11.3 Å². The van der Waals surface area contributed by atoms with Gasteiger partial charge in [-0.2, -0.15) is 0 Å². The highest BCUT2D eigenvalue weighted by molar-refractivity contribution is 7.07. The zero-order valence-electron chi connectivity index (χ0n) is 11.2. The third-order valence-corrected chi connectivity index (χ3v) is 3.93. The first-order valence-corrected chi connectivity index (χ1v) is 7.45. The maximum Gasteiger partial charge on any atom is 0.223 e. The van der Waals surface area contributed by atoms with E-state index in [4.69, 9.17) is 0 Å². The molecule has 4 aromatic rings. The molecule has 4 rings (SSSR count). The van der Waals surface area contributed by atoms with Crippen LogP contribution in [0.4, 0.5) is 0 Å². The second kappa shape index (κ2) is 4.81. The highest BCUT2D eigenvalue weighted by Crippen LogP contribution is 2.25. The highest BCUT2D eigenvalue weighted by atomic mass is 32.1. The number of fused-ring (bicyclic) bond motifs is 1. The van der Waals surface area contributed by atoms with Crippen molar-refractivity contribution in [3.63, 3.8) is 0 Å². The number of nitrogens with zero attached hydrogens (tertiary/aromatic N) is 3. The minimum atomic E-state index is -0.409. The number of aromatic hydroxyl groups is 1. The Kier molecular flexibility index (Phi) is 2.80. The Balaban J connectivity index is 1.94. The topological polar surface area (TPSA) is 83.8 Å². The predicted octanol–water partition coefficient (Wildman–Crippen LogP) is 2.54. The number of hydrogen-bond acceptors (Lipinski definition) is 5. The zero-order valence-corrected chi connectivity index (χ0v) is 12.0. The van der Waals surface area contributed by atoms with Gasteiger partial charge in [0.15, 0.2) is 11.6 Å². The van der Waals surface area contributed by atoms with Crippen molar-refractivity contribution in [1.82, 2.24) is 19.5 Å². The summed E-state index contributed by atoms with van der Waals surface area (Å²) in [6.45, 7) is 0. The summed E-state index contributed by atoms with van der Waals surface area (Å²) in [6.07, 6.45) is 2.99. The van der Waals surface area contributed by atoms with E-state index in [1.807, 2.05) is 23.6 Å². The summed E-state index contributed by atoms with van der Waals surface area (Å²) in [5.41, 5.74) is 4.50. The van der Waals surface area contributed by atoms with Crippen LogP contribution in [0.2, 0.25) is 0 Å². The van der Waals surface area contributed by atoms with Crippen LogP contribution in [0.15, 0.2) is 52.3 Å².